The van der Waals surface area contributed by atoms with Crippen LogP contribution in [0.4, 0.5) is 0 Å². The van der Waals surface area contributed by atoms with Crippen LogP contribution in [0, 0.1) is 0 Å². The number of hydrogen-bond acceptors (Lipinski definition) is 2. The van der Waals surface area contributed by atoms with Crippen LogP contribution in [0.1, 0.15) is 19.4 Å². The van der Waals surface area contributed by atoms with Crippen LogP contribution in [-0.4, -0.2) is 19.0 Å². The summed E-state index contributed by atoms with van der Waals surface area (Å²) in [6.45, 7) is 12.0. The highest BCUT2D eigenvalue weighted by molar-refractivity contribution is 5.77. The molecule has 0 aliphatic heterocycles. The van der Waals surface area contributed by atoms with Gasteiger partial charge >= 0.3 is 0 Å². The summed E-state index contributed by atoms with van der Waals surface area (Å²) in [5.74, 6) is 0. The van der Waals surface area contributed by atoms with Crippen molar-refractivity contribution in [2.24, 2.45) is 0 Å². The molecule has 1 rings (SSSR count). The lowest BCUT2D eigenvalue weighted by Crippen LogP contribution is -2.17. The van der Waals surface area contributed by atoms with Gasteiger partial charge in [-0.05, 0) is 31.6 Å². The van der Waals surface area contributed by atoms with Crippen LogP contribution in [0.5, 0.6) is 0 Å². The highest BCUT2D eigenvalue weighted by atomic mass is 15.1. The molecule has 0 spiro atoms. The van der Waals surface area contributed by atoms with Crippen LogP contribution >= 0.6 is 0 Å². The summed E-state index contributed by atoms with van der Waals surface area (Å²) < 4.78 is 0. The predicted octanol–water partition coefficient (Wildman–Crippen LogP) is 4.73. The molecule has 116 valence electrons. The third kappa shape index (κ3) is 4.52. The molecule has 0 heterocycles. The topological polar surface area (TPSA) is 15.3 Å². The molecule has 0 aliphatic rings. The lowest BCUT2D eigenvalue weighted by molar-refractivity contribution is 0.538. The molecule has 2 nitrogen and oxygen atoms in total. The zero-order chi connectivity index (χ0) is 16.5. The third-order valence-electron chi connectivity index (χ3n) is 3.48. The lowest BCUT2D eigenvalue weighted by atomic mass is 10.0. The van der Waals surface area contributed by atoms with Crippen LogP contribution in [-0.2, 0) is 0 Å². The Hall–Kier alpha value is -2.48. The molecule has 0 atom stereocenters. The lowest BCUT2D eigenvalue weighted by Gasteiger charge is -2.24. The first-order valence-electron chi connectivity index (χ1n) is 7.38. The van der Waals surface area contributed by atoms with E-state index < -0.39 is 0 Å². The van der Waals surface area contributed by atoms with Gasteiger partial charge in [0, 0.05) is 36.8 Å². The molecular weight excluding hydrogens is 268 g/mol. The molecule has 0 saturated carbocycles. The van der Waals surface area contributed by atoms with Crippen molar-refractivity contribution in [2.75, 3.05) is 14.1 Å². The van der Waals surface area contributed by atoms with Gasteiger partial charge in [0.15, 0.2) is 0 Å². The van der Waals surface area contributed by atoms with Gasteiger partial charge in [0.1, 0.15) is 0 Å². The van der Waals surface area contributed by atoms with E-state index >= 15 is 0 Å². The van der Waals surface area contributed by atoms with Crippen LogP contribution in [0.2, 0.25) is 0 Å². The fourth-order valence-electron chi connectivity index (χ4n) is 2.14. The highest BCUT2D eigenvalue weighted by Crippen LogP contribution is 2.25. The fraction of sp³-hybridized carbons (Fsp3) is 0.200. The first-order valence-corrected chi connectivity index (χ1v) is 7.38. The van der Waals surface area contributed by atoms with Gasteiger partial charge < -0.3 is 10.2 Å². The molecule has 0 amide bonds. The van der Waals surface area contributed by atoms with E-state index in [1.54, 1.807) is 0 Å². The molecule has 0 unspecified atom stereocenters. The Morgan fingerprint density at radius 1 is 1.23 bits per heavy atom. The maximum absolute atomic E-state index is 3.99. The van der Waals surface area contributed by atoms with Crippen molar-refractivity contribution in [3.8, 4) is 0 Å². The second-order valence-electron chi connectivity index (χ2n) is 4.99. The SMILES string of the molecule is C=C/C(=C(\C=C/C)N(C)/C(C)=C/C(=C)NC)c1ccccc1. The first-order chi connectivity index (χ1) is 10.5. The summed E-state index contributed by atoms with van der Waals surface area (Å²) in [6, 6.07) is 10.3. The smallest absolute Gasteiger partial charge is 0.0481 e. The number of likely N-dealkylation sites (N-methyl/N-ethyl adjacent to an activating group) is 2. The second-order valence-corrected chi connectivity index (χ2v) is 4.99. The molecule has 0 bridgehead atoms. The van der Waals surface area contributed by atoms with Crippen molar-refractivity contribution in [3.05, 3.63) is 90.4 Å². The van der Waals surface area contributed by atoms with Crippen LogP contribution in [0.15, 0.2) is 84.9 Å². The van der Waals surface area contributed by atoms with E-state index in [4.69, 9.17) is 0 Å². The second kappa shape index (κ2) is 8.73. The number of allylic oxidation sites excluding steroid dienone is 6. The minimum absolute atomic E-state index is 0.879. The average Bonchev–Trinajstić information content (AvgIpc) is 2.54. The van der Waals surface area contributed by atoms with Gasteiger partial charge in [-0.25, -0.2) is 0 Å². The molecule has 1 aromatic rings. The van der Waals surface area contributed by atoms with Crippen molar-refractivity contribution in [1.29, 1.82) is 0 Å². The molecule has 1 N–H and O–H groups in total. The summed E-state index contributed by atoms with van der Waals surface area (Å²) in [4.78, 5) is 2.15. The van der Waals surface area contributed by atoms with Crippen molar-refractivity contribution in [2.45, 2.75) is 13.8 Å². The van der Waals surface area contributed by atoms with E-state index in [1.807, 2.05) is 50.4 Å². The monoisotopic (exact) mass is 294 g/mol. The van der Waals surface area contributed by atoms with E-state index in [2.05, 4.69) is 55.6 Å². The Labute approximate surface area is 134 Å². The summed E-state index contributed by atoms with van der Waals surface area (Å²) in [7, 11) is 3.92. The number of nitrogens with zero attached hydrogens (tertiary/aromatic N) is 1. The largest absolute Gasteiger partial charge is 0.389 e. The molecule has 0 radical (unpaired) electrons. The van der Waals surface area contributed by atoms with Crippen molar-refractivity contribution < 1.29 is 0 Å². The van der Waals surface area contributed by atoms with Crippen LogP contribution in [0.3, 0.4) is 0 Å². The van der Waals surface area contributed by atoms with E-state index in [1.165, 1.54) is 0 Å². The molecule has 0 fully saturated rings. The predicted molar refractivity (Wildman–Crippen MR) is 98.1 cm³/mol. The minimum Gasteiger partial charge on any atom is -0.389 e. The van der Waals surface area contributed by atoms with E-state index in [0.717, 1.165) is 28.2 Å². The van der Waals surface area contributed by atoms with Gasteiger partial charge in [0.2, 0.25) is 0 Å². The zero-order valence-electron chi connectivity index (χ0n) is 14.1. The van der Waals surface area contributed by atoms with E-state index in [-0.39, 0.29) is 0 Å². The first kappa shape index (κ1) is 17.6. The molecule has 0 saturated heterocycles. The summed E-state index contributed by atoms with van der Waals surface area (Å²) in [5.41, 5.74) is 5.33. The Bertz CT molecular complexity index is 604. The van der Waals surface area contributed by atoms with Crippen molar-refractivity contribution >= 4 is 5.57 Å². The van der Waals surface area contributed by atoms with E-state index in [9.17, 15) is 0 Å². The quantitative estimate of drug-likeness (QED) is 0.731. The Balaban J connectivity index is 3.37. The number of nitrogens with one attached hydrogen (secondary N) is 1. The number of hydrogen-bond donors (Lipinski definition) is 1. The molecule has 2 heteroatoms. The molecule has 0 aromatic heterocycles. The van der Waals surface area contributed by atoms with Gasteiger partial charge in [0.05, 0.1) is 0 Å². The van der Waals surface area contributed by atoms with Crippen molar-refractivity contribution in [1.82, 2.24) is 10.2 Å². The third-order valence-corrected chi connectivity index (χ3v) is 3.48. The standard InChI is InChI=1S/C20H26N2/c1-7-12-20(22(6)17(4)15-16(3)21-5)19(8-2)18-13-10-9-11-14-18/h7-15,21H,2-3H2,1,4-6H3/b12-7-,17-15+,20-19-. The Kier molecular flexibility index (Phi) is 6.97. The van der Waals surface area contributed by atoms with Gasteiger partial charge in [-0.2, -0.15) is 0 Å². The van der Waals surface area contributed by atoms with Gasteiger partial charge in [-0.3, -0.25) is 0 Å². The van der Waals surface area contributed by atoms with Crippen molar-refractivity contribution in [3.63, 3.8) is 0 Å². The minimum atomic E-state index is 0.879. The van der Waals surface area contributed by atoms with Gasteiger partial charge in [-0.15, -0.1) is 0 Å². The molecular formula is C20H26N2. The molecule has 1 aromatic carbocycles. The maximum Gasteiger partial charge on any atom is 0.0481 e. The average molecular weight is 294 g/mol. The van der Waals surface area contributed by atoms with Crippen LogP contribution < -0.4 is 5.32 Å². The Morgan fingerprint density at radius 3 is 2.36 bits per heavy atom. The number of benzene rings is 1. The summed E-state index contributed by atoms with van der Waals surface area (Å²) >= 11 is 0. The fourth-order valence-corrected chi connectivity index (χ4v) is 2.14. The van der Waals surface area contributed by atoms with Gasteiger partial charge in [0.25, 0.3) is 0 Å². The Morgan fingerprint density at radius 2 is 1.86 bits per heavy atom. The zero-order valence-corrected chi connectivity index (χ0v) is 14.1. The van der Waals surface area contributed by atoms with E-state index in [0.29, 0.717) is 0 Å². The normalized spacial score (nSPS) is 12.8. The number of rotatable bonds is 7. The molecule has 22 heavy (non-hydrogen) atoms. The summed E-state index contributed by atoms with van der Waals surface area (Å²) in [5, 5.41) is 3.04. The highest BCUT2D eigenvalue weighted by Gasteiger charge is 2.10. The van der Waals surface area contributed by atoms with Crippen LogP contribution in [0.25, 0.3) is 5.57 Å². The summed E-state index contributed by atoms with van der Waals surface area (Å²) in [6.07, 6.45) is 8.07. The van der Waals surface area contributed by atoms with Gasteiger partial charge in [-0.1, -0.05) is 55.6 Å². The molecule has 0 aliphatic carbocycles. The maximum atomic E-state index is 3.99.